The van der Waals surface area contributed by atoms with Crippen LogP contribution in [0.5, 0.6) is 0 Å². The van der Waals surface area contributed by atoms with E-state index in [1.807, 2.05) is 4.90 Å². The Labute approximate surface area is 207 Å². The maximum atomic E-state index is 12.9. The van der Waals surface area contributed by atoms with Gasteiger partial charge in [0.2, 0.25) is 5.91 Å². The predicted octanol–water partition coefficient (Wildman–Crippen LogP) is 3.87. The zero-order valence-corrected chi connectivity index (χ0v) is 20.1. The first-order valence-corrected chi connectivity index (χ1v) is 11.8. The maximum absolute atomic E-state index is 12.9. The molecule has 0 aromatic heterocycles. The monoisotopic (exact) mass is 546 g/mol. The van der Waals surface area contributed by atoms with Crippen LogP contribution in [0.4, 0.5) is 21.9 Å². The van der Waals surface area contributed by atoms with Crippen LogP contribution in [-0.2, 0) is 14.3 Å². The highest BCUT2D eigenvalue weighted by molar-refractivity contribution is 9.10. The maximum Gasteiger partial charge on any atom is 0.294 e. The zero-order valence-electron chi connectivity index (χ0n) is 17.7. The molecule has 0 saturated carbocycles. The first kappa shape index (κ1) is 23.9. The number of carbonyl (C=O) groups is 3. The van der Waals surface area contributed by atoms with Crippen molar-refractivity contribution in [2.24, 2.45) is 0 Å². The highest BCUT2D eigenvalue weighted by Gasteiger charge is 2.36. The van der Waals surface area contributed by atoms with Gasteiger partial charge in [0, 0.05) is 46.6 Å². The number of imide groups is 1. The van der Waals surface area contributed by atoms with E-state index < -0.39 is 28.5 Å². The SMILES string of the molecule is O=C(CN1C(=O)S/C(=C\c2cc([N+](=O)[O-])ccc2N2CCOCC2)C1=O)Nc1ccc(Br)cc1. The minimum atomic E-state index is -0.625. The third-order valence-electron chi connectivity index (χ3n) is 5.16. The van der Waals surface area contributed by atoms with Crippen molar-refractivity contribution in [1.82, 2.24) is 4.90 Å². The number of hydrogen-bond acceptors (Lipinski definition) is 8. The predicted molar refractivity (Wildman–Crippen MR) is 132 cm³/mol. The van der Waals surface area contributed by atoms with Crippen LogP contribution >= 0.6 is 27.7 Å². The fourth-order valence-corrected chi connectivity index (χ4v) is 4.61. The molecule has 12 heteroatoms. The molecule has 2 aliphatic heterocycles. The van der Waals surface area contributed by atoms with Crippen molar-refractivity contribution in [1.29, 1.82) is 0 Å². The molecule has 0 unspecified atom stereocenters. The summed E-state index contributed by atoms with van der Waals surface area (Å²) in [5.41, 5.74) is 1.55. The molecule has 176 valence electrons. The molecule has 2 fully saturated rings. The van der Waals surface area contributed by atoms with E-state index in [0.717, 1.165) is 9.37 Å². The van der Waals surface area contributed by atoms with Gasteiger partial charge in [-0.3, -0.25) is 29.4 Å². The number of nitrogens with one attached hydrogen (secondary N) is 1. The van der Waals surface area contributed by atoms with Crippen LogP contribution in [0, 0.1) is 10.1 Å². The molecule has 0 aliphatic carbocycles. The second-order valence-electron chi connectivity index (χ2n) is 7.42. The average molecular weight is 547 g/mol. The number of halogens is 1. The summed E-state index contributed by atoms with van der Waals surface area (Å²) in [6.07, 6.45) is 1.47. The van der Waals surface area contributed by atoms with Crippen LogP contribution in [0.2, 0.25) is 0 Å². The van der Waals surface area contributed by atoms with Gasteiger partial charge in [-0.2, -0.15) is 0 Å². The van der Waals surface area contributed by atoms with Crippen molar-refractivity contribution in [2.45, 2.75) is 0 Å². The van der Waals surface area contributed by atoms with Crippen LogP contribution in [-0.4, -0.2) is 59.7 Å². The number of morpholine rings is 1. The normalized spacial score (nSPS) is 17.4. The summed E-state index contributed by atoms with van der Waals surface area (Å²) >= 11 is 4.00. The number of nitro benzene ring substituents is 1. The molecular weight excluding hydrogens is 528 g/mol. The molecule has 2 aromatic rings. The smallest absolute Gasteiger partial charge is 0.294 e. The lowest BCUT2D eigenvalue weighted by Gasteiger charge is -2.30. The average Bonchev–Trinajstić information content (AvgIpc) is 3.08. The van der Waals surface area contributed by atoms with Crippen molar-refractivity contribution < 1.29 is 24.0 Å². The standard InChI is InChI=1S/C22H19BrN4O6S/c23-15-1-3-16(4-2-15)24-20(28)13-26-21(29)19(34-22(26)30)12-14-11-17(27(31)32)5-6-18(14)25-7-9-33-10-8-25/h1-6,11-12H,7-10,13H2,(H,24,28)/b19-12-. The van der Waals surface area contributed by atoms with E-state index in [0.29, 0.717) is 55.0 Å². The van der Waals surface area contributed by atoms with Crippen LogP contribution in [0.25, 0.3) is 6.08 Å². The number of benzene rings is 2. The molecule has 2 aromatic carbocycles. The van der Waals surface area contributed by atoms with Crippen molar-refractivity contribution in [2.75, 3.05) is 43.1 Å². The molecule has 4 rings (SSSR count). The third-order valence-corrected chi connectivity index (χ3v) is 6.60. The summed E-state index contributed by atoms with van der Waals surface area (Å²) < 4.78 is 6.22. The molecule has 3 amide bonds. The highest BCUT2D eigenvalue weighted by atomic mass is 79.9. The Morgan fingerprint density at radius 3 is 2.56 bits per heavy atom. The molecule has 2 heterocycles. The second kappa shape index (κ2) is 10.4. The lowest BCUT2D eigenvalue weighted by Crippen LogP contribution is -2.36. The lowest BCUT2D eigenvalue weighted by molar-refractivity contribution is -0.384. The molecule has 2 aliphatic rings. The van der Waals surface area contributed by atoms with Crippen LogP contribution in [0.1, 0.15) is 5.56 Å². The Morgan fingerprint density at radius 1 is 1.18 bits per heavy atom. The van der Waals surface area contributed by atoms with E-state index in [9.17, 15) is 24.5 Å². The summed E-state index contributed by atoms with van der Waals surface area (Å²) in [5.74, 6) is -1.14. The number of amides is 3. The first-order chi connectivity index (χ1) is 16.3. The number of nitrogens with zero attached hydrogens (tertiary/aromatic N) is 3. The first-order valence-electron chi connectivity index (χ1n) is 10.2. The van der Waals surface area contributed by atoms with E-state index in [-0.39, 0.29) is 10.6 Å². The van der Waals surface area contributed by atoms with Crippen LogP contribution in [0.15, 0.2) is 51.8 Å². The van der Waals surface area contributed by atoms with Gasteiger partial charge in [-0.1, -0.05) is 15.9 Å². The number of ether oxygens (including phenoxy) is 1. The van der Waals surface area contributed by atoms with Gasteiger partial charge in [0.15, 0.2) is 0 Å². The molecule has 0 atom stereocenters. The Hall–Kier alpha value is -3.22. The number of non-ortho nitro benzene ring substituents is 1. The molecule has 2 saturated heterocycles. The molecule has 10 nitrogen and oxygen atoms in total. The fourth-order valence-electron chi connectivity index (χ4n) is 3.52. The number of carbonyl (C=O) groups excluding carboxylic acids is 3. The fraction of sp³-hybridized carbons (Fsp3) is 0.227. The minimum Gasteiger partial charge on any atom is -0.378 e. The summed E-state index contributed by atoms with van der Waals surface area (Å²) in [7, 11) is 0. The highest BCUT2D eigenvalue weighted by Crippen LogP contribution is 2.35. The van der Waals surface area contributed by atoms with Crippen LogP contribution < -0.4 is 10.2 Å². The Kier molecular flexibility index (Phi) is 7.29. The van der Waals surface area contributed by atoms with Gasteiger partial charge >= 0.3 is 0 Å². The number of anilines is 2. The van der Waals surface area contributed by atoms with E-state index in [4.69, 9.17) is 4.74 Å². The van der Waals surface area contributed by atoms with Gasteiger partial charge in [0.1, 0.15) is 6.54 Å². The quantitative estimate of drug-likeness (QED) is 0.329. The van der Waals surface area contributed by atoms with Crippen LogP contribution in [0.3, 0.4) is 0 Å². The van der Waals surface area contributed by atoms with E-state index in [2.05, 4.69) is 21.2 Å². The van der Waals surface area contributed by atoms with Gasteiger partial charge < -0.3 is 15.0 Å². The van der Waals surface area contributed by atoms with E-state index in [1.54, 1.807) is 30.3 Å². The van der Waals surface area contributed by atoms with Gasteiger partial charge in [-0.05, 0) is 48.2 Å². The topological polar surface area (TPSA) is 122 Å². The number of thioether (sulfide) groups is 1. The van der Waals surface area contributed by atoms with Crippen molar-refractivity contribution >= 4 is 67.9 Å². The van der Waals surface area contributed by atoms with Crippen molar-refractivity contribution in [3.05, 3.63) is 67.5 Å². The molecule has 34 heavy (non-hydrogen) atoms. The van der Waals surface area contributed by atoms with E-state index in [1.165, 1.54) is 18.2 Å². The number of nitro groups is 1. The summed E-state index contributed by atoms with van der Waals surface area (Å²) in [6, 6.07) is 11.3. The molecular formula is C22H19BrN4O6S. The Bertz CT molecular complexity index is 1180. The largest absolute Gasteiger partial charge is 0.378 e. The molecule has 0 bridgehead atoms. The summed E-state index contributed by atoms with van der Waals surface area (Å²) in [5, 5.41) is 13.4. The minimum absolute atomic E-state index is 0.0939. The van der Waals surface area contributed by atoms with Gasteiger partial charge in [0.05, 0.1) is 23.0 Å². The van der Waals surface area contributed by atoms with Gasteiger partial charge in [0.25, 0.3) is 16.8 Å². The number of hydrogen-bond donors (Lipinski definition) is 1. The molecule has 0 spiro atoms. The summed E-state index contributed by atoms with van der Waals surface area (Å²) in [6.45, 7) is 1.77. The molecule has 0 radical (unpaired) electrons. The Balaban J connectivity index is 1.55. The lowest BCUT2D eigenvalue weighted by atomic mass is 10.1. The van der Waals surface area contributed by atoms with Gasteiger partial charge in [-0.15, -0.1) is 0 Å². The third kappa shape index (κ3) is 5.46. The Morgan fingerprint density at radius 2 is 1.88 bits per heavy atom. The van der Waals surface area contributed by atoms with Gasteiger partial charge in [-0.25, -0.2) is 0 Å². The van der Waals surface area contributed by atoms with Crippen molar-refractivity contribution in [3.63, 3.8) is 0 Å². The van der Waals surface area contributed by atoms with Crippen molar-refractivity contribution in [3.8, 4) is 0 Å². The zero-order chi connectivity index (χ0) is 24.2. The summed E-state index contributed by atoms with van der Waals surface area (Å²) in [4.78, 5) is 51.6. The van der Waals surface area contributed by atoms with E-state index >= 15 is 0 Å². The number of rotatable bonds is 6. The second-order valence-corrected chi connectivity index (χ2v) is 9.33. The molecule has 1 N–H and O–H groups in total.